The van der Waals surface area contributed by atoms with Crippen LogP contribution >= 0.6 is 24.4 Å². The molecule has 0 aliphatic heterocycles. The van der Waals surface area contributed by atoms with Gasteiger partial charge in [-0.25, -0.2) is 0 Å². The van der Waals surface area contributed by atoms with Crippen molar-refractivity contribution in [3.8, 4) is 11.4 Å². The van der Waals surface area contributed by atoms with Gasteiger partial charge >= 0.3 is 77.5 Å². The fourth-order valence-electron chi connectivity index (χ4n) is 4.67. The van der Waals surface area contributed by atoms with E-state index in [1.54, 1.807) is 0 Å². The van der Waals surface area contributed by atoms with E-state index >= 15 is 0 Å². The Kier molecular flexibility index (Phi) is 13.6. The Balaban J connectivity index is 0.000000347. The quantitative estimate of drug-likeness (QED) is 0.103. The third-order valence-corrected chi connectivity index (χ3v) is 8.74. The lowest BCUT2D eigenvalue weighted by Crippen LogP contribution is -2.72. The third-order valence-electron chi connectivity index (χ3n) is 8.20. The monoisotopic (exact) mass is 1040 g/mol. The van der Waals surface area contributed by atoms with Gasteiger partial charge in [0, 0.05) is 11.4 Å². The number of para-hydroxylation sites is 2. The Bertz CT molecular complexity index is 2410. The van der Waals surface area contributed by atoms with Crippen molar-refractivity contribution in [2.75, 3.05) is 0 Å². The van der Waals surface area contributed by atoms with Crippen LogP contribution in [0, 0.1) is 9.54 Å². The minimum Gasteiger partial charge on any atom is -0.267 e. The van der Waals surface area contributed by atoms with Crippen LogP contribution in [0.4, 0.5) is 123 Å². The van der Waals surface area contributed by atoms with E-state index < -0.39 is 110 Å². The first-order valence-electron chi connectivity index (χ1n) is 15.5. The number of hydrogen-bond donors (Lipinski definition) is 2. The van der Waals surface area contributed by atoms with Crippen molar-refractivity contribution in [3.63, 3.8) is 0 Å². The van der Waals surface area contributed by atoms with Gasteiger partial charge in [0.05, 0.1) is 0 Å². The first-order chi connectivity index (χ1) is 28.7. The number of H-pyrrole nitrogens is 2. The van der Waals surface area contributed by atoms with Crippen molar-refractivity contribution in [1.82, 2.24) is 29.5 Å². The maximum Gasteiger partial charge on any atom is 0.460 e. The number of hydrogen-bond acceptors (Lipinski definition) is 4. The molecule has 366 valence electrons. The summed E-state index contributed by atoms with van der Waals surface area (Å²) in [7, 11) is 0. The lowest BCUT2D eigenvalue weighted by atomic mass is 9.91. The number of aromatic amines is 2. The van der Waals surface area contributed by atoms with Crippen LogP contribution in [0.15, 0.2) is 60.7 Å². The molecule has 2 aromatic heterocycles. The van der Waals surface area contributed by atoms with Crippen molar-refractivity contribution in [2.45, 2.75) is 77.5 Å². The maximum atomic E-state index is 14.5. The maximum absolute atomic E-state index is 14.5. The Hall–Kier alpha value is -4.80. The number of alkyl halides is 28. The van der Waals surface area contributed by atoms with Gasteiger partial charge in [0.15, 0.2) is 9.54 Å². The van der Waals surface area contributed by atoms with E-state index in [1.165, 1.54) is 22.3 Å². The van der Waals surface area contributed by atoms with Crippen molar-refractivity contribution < 1.29 is 123 Å². The first kappa shape index (κ1) is 54.5. The molecule has 6 nitrogen and oxygen atoms in total. The Labute approximate surface area is 347 Å². The van der Waals surface area contributed by atoms with Crippen molar-refractivity contribution in [3.05, 3.63) is 81.9 Å². The standard InChI is InChI=1S/C15H6F15N3S.C14H6F13N3S/c16-9(17,7-31-32-8(34)33(7)6-4-2-1-3-5-6)10(18,19)11(20,21)12(22,23)13(24,25)14(26,27)15(28,29)30;15-9(16,7-28-29-8(31)30(7)6-4-2-1-3-5-6)10(17,18)11(19,20)12(21,22)13(23,24)14(25,26)27/h1-5H,(H,32,34);1-5H,(H,29,31). The molecule has 0 saturated heterocycles. The largest absolute Gasteiger partial charge is 0.460 e. The van der Waals surface area contributed by atoms with E-state index in [0.717, 1.165) is 48.5 Å². The molecule has 0 aliphatic rings. The van der Waals surface area contributed by atoms with Gasteiger partial charge in [0.2, 0.25) is 11.6 Å². The number of benzene rings is 2. The molecule has 0 amide bonds. The Morgan fingerprint density at radius 1 is 0.323 bits per heavy atom. The van der Waals surface area contributed by atoms with Crippen LogP contribution in [0.25, 0.3) is 11.4 Å². The highest BCUT2D eigenvalue weighted by atomic mass is 32.1. The molecule has 2 heterocycles. The average Bonchev–Trinajstić information content (AvgIpc) is 3.77. The molecule has 0 fully saturated rings. The number of rotatable bonds is 13. The van der Waals surface area contributed by atoms with Gasteiger partial charge in [-0.1, -0.05) is 36.4 Å². The summed E-state index contributed by atoms with van der Waals surface area (Å²) in [4.78, 5) is 0. The Morgan fingerprint density at radius 2 is 0.538 bits per heavy atom. The van der Waals surface area contributed by atoms with E-state index in [9.17, 15) is 123 Å². The highest BCUT2D eigenvalue weighted by Crippen LogP contribution is 2.65. The van der Waals surface area contributed by atoms with Crippen molar-refractivity contribution >= 4 is 24.4 Å². The first-order valence-corrected chi connectivity index (χ1v) is 16.3. The molecule has 4 aromatic rings. The van der Waals surface area contributed by atoms with E-state index in [2.05, 4.69) is 34.6 Å². The molecular weight excluding hydrogens is 1030 g/mol. The van der Waals surface area contributed by atoms with Gasteiger partial charge in [0.25, 0.3) is 0 Å². The molecule has 0 unspecified atom stereocenters. The minimum atomic E-state index is -8.38. The van der Waals surface area contributed by atoms with E-state index in [4.69, 9.17) is 0 Å². The zero-order chi connectivity index (χ0) is 51.0. The number of nitrogens with one attached hydrogen (secondary N) is 2. The number of halogens is 28. The van der Waals surface area contributed by atoms with Gasteiger partial charge in [-0.2, -0.15) is 133 Å². The summed E-state index contributed by atoms with van der Waals surface area (Å²) >= 11 is 8.93. The zero-order valence-electron chi connectivity index (χ0n) is 29.5. The summed E-state index contributed by atoms with van der Waals surface area (Å²) in [6.45, 7) is 0. The van der Waals surface area contributed by atoms with E-state index in [0.29, 0.717) is 0 Å². The van der Waals surface area contributed by atoms with Crippen LogP contribution in [0.2, 0.25) is 0 Å². The highest BCUT2D eigenvalue weighted by molar-refractivity contribution is 7.71. The SMILES string of the molecule is FC(F)(F)C(F)(F)C(F)(F)C(F)(F)C(F)(F)C(F)(F)C(F)(F)c1n[nH]c(=S)n1-c1ccccc1.FC(F)(F)C(F)(F)C(F)(F)C(F)(F)C(F)(F)C(F)(F)c1n[nH]c(=S)n1-c1ccccc1. The third kappa shape index (κ3) is 7.94. The van der Waals surface area contributed by atoms with Crippen molar-refractivity contribution in [2.24, 2.45) is 0 Å². The van der Waals surface area contributed by atoms with Gasteiger partial charge in [-0.15, -0.1) is 0 Å². The average molecular weight is 1040 g/mol. The van der Waals surface area contributed by atoms with Crippen LogP contribution in [0.5, 0.6) is 0 Å². The molecule has 2 N–H and O–H groups in total. The van der Waals surface area contributed by atoms with Gasteiger partial charge in [-0.3, -0.25) is 19.3 Å². The molecular formula is C29H12F28N6S2. The normalized spacial score (nSPS) is 14.9. The second-order valence-electron chi connectivity index (χ2n) is 12.4. The lowest BCUT2D eigenvalue weighted by molar-refractivity contribution is -0.454. The topological polar surface area (TPSA) is 67.2 Å². The van der Waals surface area contributed by atoms with Crippen LogP contribution in [0.3, 0.4) is 0 Å². The molecule has 0 bridgehead atoms. The van der Waals surface area contributed by atoms with Crippen LogP contribution < -0.4 is 0 Å². The molecule has 0 atom stereocenters. The zero-order valence-corrected chi connectivity index (χ0v) is 31.1. The molecule has 0 spiro atoms. The minimum absolute atomic E-state index is 0.112. The van der Waals surface area contributed by atoms with Crippen LogP contribution in [-0.2, 0) is 11.8 Å². The molecule has 65 heavy (non-hydrogen) atoms. The van der Waals surface area contributed by atoms with Crippen LogP contribution in [-0.4, -0.2) is 95.2 Å². The van der Waals surface area contributed by atoms with E-state index in [1.807, 2.05) is 0 Å². The molecule has 4 rings (SSSR count). The summed E-state index contributed by atoms with van der Waals surface area (Å²) in [6.07, 6.45) is -15.1. The summed E-state index contributed by atoms with van der Waals surface area (Å²) < 4.78 is 372. The highest BCUT2D eigenvalue weighted by Gasteiger charge is 2.94. The predicted molar refractivity (Wildman–Crippen MR) is 162 cm³/mol. The molecule has 36 heteroatoms. The second-order valence-corrected chi connectivity index (χ2v) is 13.1. The fraction of sp³-hybridized carbons (Fsp3) is 0.448. The number of nitrogens with zero attached hydrogens (tertiary/aromatic N) is 4. The smallest absolute Gasteiger partial charge is 0.267 e. The summed E-state index contributed by atoms with van der Waals surface area (Å²) in [5, 5.41) is 7.99. The van der Waals surface area contributed by atoms with Crippen LogP contribution in [0.1, 0.15) is 11.6 Å². The summed E-state index contributed by atoms with van der Waals surface area (Å²) in [6, 6.07) is 10.4. The summed E-state index contributed by atoms with van der Waals surface area (Å²) in [5.74, 6) is -90.1. The molecule has 0 aliphatic carbocycles. The Morgan fingerprint density at radius 3 is 0.769 bits per heavy atom. The molecule has 0 saturated carbocycles. The second kappa shape index (κ2) is 16.2. The lowest BCUT2D eigenvalue weighted by Gasteiger charge is -2.41. The molecule has 0 radical (unpaired) electrons. The molecule has 2 aromatic carbocycles. The van der Waals surface area contributed by atoms with E-state index in [-0.39, 0.29) is 9.13 Å². The summed E-state index contributed by atoms with van der Waals surface area (Å²) in [5.41, 5.74) is -1.14. The van der Waals surface area contributed by atoms with Gasteiger partial charge in [-0.05, 0) is 48.7 Å². The van der Waals surface area contributed by atoms with Gasteiger partial charge in [0.1, 0.15) is 0 Å². The predicted octanol–water partition coefficient (Wildman–Crippen LogP) is 12.9. The fourth-order valence-corrected chi connectivity index (χ4v) is 5.14. The van der Waals surface area contributed by atoms with Crippen molar-refractivity contribution in [1.29, 1.82) is 0 Å². The van der Waals surface area contributed by atoms with Gasteiger partial charge < -0.3 is 0 Å². The number of aromatic nitrogens is 6.